The molecule has 10 nitrogen and oxygen atoms in total. The summed E-state index contributed by atoms with van der Waals surface area (Å²) < 4.78 is 11.1. The van der Waals surface area contributed by atoms with Crippen molar-refractivity contribution in [3.8, 4) is 5.75 Å². The molecule has 2 aromatic carbocycles. The van der Waals surface area contributed by atoms with Crippen molar-refractivity contribution in [3.05, 3.63) is 65.2 Å². The zero-order valence-corrected chi connectivity index (χ0v) is 30.4. The molecule has 0 radical (unpaired) electrons. The number of phenolic OH excluding ortho intramolecular Hbond substituents is 1. The van der Waals surface area contributed by atoms with E-state index in [1.807, 2.05) is 30.3 Å². The first-order chi connectivity index (χ1) is 22.4. The quantitative estimate of drug-likeness (QED) is 0.131. The number of carbonyl (C=O) groups is 4. The van der Waals surface area contributed by atoms with Gasteiger partial charge in [0.2, 0.25) is 11.8 Å². The predicted octanol–water partition coefficient (Wildman–Crippen LogP) is 6.91. The normalized spacial score (nSPS) is 13.5. The predicted molar refractivity (Wildman–Crippen MR) is 187 cm³/mol. The SMILES string of the molecule is CCCCCCCCN(C(=O)C(C)NC(=O)OC(C)(C)C)C(C(=O)NC(Cc1ccccc1)C(=O)OC(C)(C)C)c1cccc(C)c1O. The number of carbonyl (C=O) groups excluding carboxylic acids is 4. The summed E-state index contributed by atoms with van der Waals surface area (Å²) in [6.07, 6.45) is 5.01. The number of para-hydroxylation sites is 1. The summed E-state index contributed by atoms with van der Waals surface area (Å²) in [6, 6.07) is 10.8. The molecule has 10 heteroatoms. The average Bonchev–Trinajstić information content (AvgIpc) is 2.98. The molecule has 0 aromatic heterocycles. The second-order valence-corrected chi connectivity index (χ2v) is 14.4. The summed E-state index contributed by atoms with van der Waals surface area (Å²) in [4.78, 5) is 56.3. The highest BCUT2D eigenvalue weighted by molar-refractivity contribution is 5.94. The van der Waals surface area contributed by atoms with Gasteiger partial charge in [-0.05, 0) is 72.9 Å². The van der Waals surface area contributed by atoms with Crippen molar-refractivity contribution in [1.82, 2.24) is 15.5 Å². The van der Waals surface area contributed by atoms with Gasteiger partial charge in [0, 0.05) is 18.5 Å². The van der Waals surface area contributed by atoms with Crippen LogP contribution in [0.3, 0.4) is 0 Å². The summed E-state index contributed by atoms with van der Waals surface area (Å²) in [5, 5.41) is 16.7. The van der Waals surface area contributed by atoms with E-state index in [9.17, 15) is 24.3 Å². The number of hydrogen-bond donors (Lipinski definition) is 3. The highest BCUT2D eigenvalue weighted by Gasteiger charge is 2.38. The molecule has 0 aliphatic heterocycles. The number of aryl methyl sites for hydroxylation is 1. The monoisotopic (exact) mass is 667 g/mol. The largest absolute Gasteiger partial charge is 0.507 e. The van der Waals surface area contributed by atoms with Crippen LogP contribution >= 0.6 is 0 Å². The summed E-state index contributed by atoms with van der Waals surface area (Å²) >= 11 is 0. The lowest BCUT2D eigenvalue weighted by Gasteiger charge is -2.35. The number of benzene rings is 2. The number of esters is 1. The van der Waals surface area contributed by atoms with E-state index in [2.05, 4.69) is 17.6 Å². The van der Waals surface area contributed by atoms with Crippen molar-refractivity contribution in [2.75, 3.05) is 6.54 Å². The summed E-state index contributed by atoms with van der Waals surface area (Å²) in [5.74, 6) is -1.96. The summed E-state index contributed by atoms with van der Waals surface area (Å²) in [7, 11) is 0. The lowest BCUT2D eigenvalue weighted by Crippen LogP contribution is -2.54. The van der Waals surface area contributed by atoms with E-state index in [-0.39, 0.29) is 24.3 Å². The Kier molecular flexibility index (Phi) is 15.4. The zero-order chi connectivity index (χ0) is 36.1. The molecule has 0 fully saturated rings. The molecule has 0 aliphatic rings. The van der Waals surface area contributed by atoms with Crippen LogP contribution in [-0.4, -0.2) is 63.7 Å². The van der Waals surface area contributed by atoms with Crippen LogP contribution < -0.4 is 10.6 Å². The van der Waals surface area contributed by atoms with Crippen LogP contribution in [0.25, 0.3) is 0 Å². The van der Waals surface area contributed by atoms with Crippen molar-refractivity contribution < 1.29 is 33.8 Å². The zero-order valence-electron chi connectivity index (χ0n) is 30.4. The summed E-state index contributed by atoms with van der Waals surface area (Å²) in [6.45, 7) is 16.0. The topological polar surface area (TPSA) is 134 Å². The molecule has 48 heavy (non-hydrogen) atoms. The molecule has 2 aromatic rings. The van der Waals surface area contributed by atoms with E-state index in [4.69, 9.17) is 9.47 Å². The molecule has 3 unspecified atom stereocenters. The Morgan fingerprint density at radius 2 is 1.42 bits per heavy atom. The van der Waals surface area contributed by atoms with Crippen molar-refractivity contribution in [3.63, 3.8) is 0 Å². The standard InChI is InChI=1S/C38H57N3O7/c1-10-11-12-13-14-18-24-41(34(44)27(3)39-36(46)48-38(7,8)9)31(29-23-19-20-26(2)32(29)42)33(43)40-30(35(45)47-37(4,5)6)25-28-21-16-15-17-22-28/h15-17,19-23,27,30-31,42H,10-14,18,24-25H2,1-9H3,(H,39,46)(H,40,43). The van der Waals surface area contributed by atoms with E-state index >= 15 is 0 Å². The Labute approximate surface area is 287 Å². The first-order valence-electron chi connectivity index (χ1n) is 17.1. The highest BCUT2D eigenvalue weighted by Crippen LogP contribution is 2.33. The van der Waals surface area contributed by atoms with Gasteiger partial charge < -0.3 is 30.1 Å². The fraction of sp³-hybridized carbons (Fsp3) is 0.579. The van der Waals surface area contributed by atoms with Gasteiger partial charge in [-0.2, -0.15) is 0 Å². The Bertz CT molecular complexity index is 1350. The minimum absolute atomic E-state index is 0.136. The third-order valence-corrected chi connectivity index (χ3v) is 7.55. The van der Waals surface area contributed by atoms with Gasteiger partial charge in [0.05, 0.1) is 0 Å². The number of aromatic hydroxyl groups is 1. The molecule has 0 aliphatic carbocycles. The molecule has 0 saturated carbocycles. The van der Waals surface area contributed by atoms with Crippen LogP contribution in [0.2, 0.25) is 0 Å². The van der Waals surface area contributed by atoms with Gasteiger partial charge in [0.25, 0.3) is 0 Å². The molecule has 3 amide bonds. The Morgan fingerprint density at radius 3 is 2.02 bits per heavy atom. The van der Waals surface area contributed by atoms with E-state index in [1.165, 1.54) is 11.8 Å². The van der Waals surface area contributed by atoms with Gasteiger partial charge in [-0.25, -0.2) is 9.59 Å². The number of ether oxygens (including phenoxy) is 2. The number of amides is 3. The minimum atomic E-state index is -1.32. The molecule has 3 N–H and O–H groups in total. The van der Waals surface area contributed by atoms with Crippen LogP contribution in [0, 0.1) is 6.92 Å². The Balaban J connectivity index is 2.58. The fourth-order valence-electron chi connectivity index (χ4n) is 5.24. The molecule has 0 spiro atoms. The highest BCUT2D eigenvalue weighted by atomic mass is 16.6. The number of nitrogens with one attached hydrogen (secondary N) is 2. The number of phenols is 1. The maximum atomic E-state index is 14.5. The van der Waals surface area contributed by atoms with Crippen LogP contribution in [0.1, 0.15) is 117 Å². The second kappa shape index (κ2) is 18.5. The van der Waals surface area contributed by atoms with Crippen molar-refractivity contribution in [2.24, 2.45) is 0 Å². The van der Waals surface area contributed by atoms with Gasteiger partial charge in [-0.1, -0.05) is 87.6 Å². The first-order valence-corrected chi connectivity index (χ1v) is 17.1. The molecular formula is C38H57N3O7. The molecule has 266 valence electrons. The van der Waals surface area contributed by atoms with Crippen molar-refractivity contribution >= 4 is 23.9 Å². The van der Waals surface area contributed by atoms with E-state index < -0.39 is 53.2 Å². The summed E-state index contributed by atoms with van der Waals surface area (Å²) in [5.41, 5.74) is -0.0630. The lowest BCUT2D eigenvalue weighted by molar-refractivity contribution is -0.159. The molecule has 3 atom stereocenters. The van der Waals surface area contributed by atoms with Crippen LogP contribution in [0.5, 0.6) is 5.75 Å². The van der Waals surface area contributed by atoms with Crippen LogP contribution in [0.4, 0.5) is 4.79 Å². The third kappa shape index (κ3) is 13.6. The first kappa shape index (κ1) is 40.1. The third-order valence-electron chi connectivity index (χ3n) is 7.55. The Hall–Kier alpha value is -4.08. The fourth-order valence-corrected chi connectivity index (χ4v) is 5.24. The van der Waals surface area contributed by atoms with E-state index in [0.717, 1.165) is 37.7 Å². The maximum absolute atomic E-state index is 14.5. The average molecular weight is 668 g/mol. The number of hydrogen-bond acceptors (Lipinski definition) is 7. The molecule has 0 bridgehead atoms. The smallest absolute Gasteiger partial charge is 0.408 e. The van der Waals surface area contributed by atoms with Crippen LogP contribution in [-0.2, 0) is 30.3 Å². The molecule has 0 saturated heterocycles. The minimum Gasteiger partial charge on any atom is -0.507 e. The Morgan fingerprint density at radius 1 is 0.812 bits per heavy atom. The number of nitrogens with zero attached hydrogens (tertiary/aromatic N) is 1. The van der Waals surface area contributed by atoms with E-state index in [0.29, 0.717) is 12.0 Å². The number of alkyl carbamates (subject to hydrolysis) is 1. The lowest BCUT2D eigenvalue weighted by atomic mass is 9.97. The van der Waals surface area contributed by atoms with Gasteiger partial charge in [0.15, 0.2) is 0 Å². The number of unbranched alkanes of at least 4 members (excludes halogenated alkanes) is 5. The van der Waals surface area contributed by atoms with Crippen molar-refractivity contribution in [1.29, 1.82) is 0 Å². The molecule has 0 heterocycles. The number of rotatable bonds is 16. The van der Waals surface area contributed by atoms with Gasteiger partial charge >= 0.3 is 12.1 Å². The van der Waals surface area contributed by atoms with Crippen LogP contribution in [0.15, 0.2) is 48.5 Å². The van der Waals surface area contributed by atoms with Gasteiger partial charge in [-0.3, -0.25) is 9.59 Å². The second-order valence-electron chi connectivity index (χ2n) is 14.4. The van der Waals surface area contributed by atoms with Crippen molar-refractivity contribution in [2.45, 2.75) is 137 Å². The molecule has 2 rings (SSSR count). The molecular weight excluding hydrogens is 610 g/mol. The van der Waals surface area contributed by atoms with Gasteiger partial charge in [0.1, 0.15) is 35.1 Å². The van der Waals surface area contributed by atoms with Gasteiger partial charge in [-0.15, -0.1) is 0 Å². The maximum Gasteiger partial charge on any atom is 0.408 e. The van der Waals surface area contributed by atoms with E-state index in [1.54, 1.807) is 66.7 Å².